The highest BCUT2D eigenvalue weighted by molar-refractivity contribution is 7.08. The van der Waals surface area contributed by atoms with Gasteiger partial charge in [-0.3, -0.25) is 4.79 Å². The molecule has 2 aromatic rings. The van der Waals surface area contributed by atoms with Gasteiger partial charge in [0.1, 0.15) is 0 Å². The summed E-state index contributed by atoms with van der Waals surface area (Å²) >= 11 is 1.57. The van der Waals surface area contributed by atoms with E-state index in [0.29, 0.717) is 6.42 Å². The van der Waals surface area contributed by atoms with Crippen LogP contribution in [0.2, 0.25) is 0 Å². The number of hydrogen-bond acceptors (Lipinski definition) is 2. The van der Waals surface area contributed by atoms with Crippen LogP contribution in [0.5, 0.6) is 0 Å². The van der Waals surface area contributed by atoms with Gasteiger partial charge in [-0.25, -0.2) is 0 Å². The van der Waals surface area contributed by atoms with Crippen molar-refractivity contribution in [2.45, 2.75) is 46.5 Å². The maximum absolute atomic E-state index is 12.3. The molecule has 0 aliphatic carbocycles. The van der Waals surface area contributed by atoms with E-state index < -0.39 is 0 Å². The van der Waals surface area contributed by atoms with E-state index in [1.807, 2.05) is 16.8 Å². The van der Waals surface area contributed by atoms with E-state index in [1.165, 1.54) is 22.3 Å². The molecule has 0 radical (unpaired) electrons. The molecule has 1 aromatic carbocycles. The summed E-state index contributed by atoms with van der Waals surface area (Å²) in [6.45, 7) is 10.9. The van der Waals surface area contributed by atoms with Gasteiger partial charge in [0.2, 0.25) is 0 Å². The van der Waals surface area contributed by atoms with E-state index in [1.54, 1.807) is 11.3 Å². The Balaban J connectivity index is 2.32. The van der Waals surface area contributed by atoms with Crippen LogP contribution in [0.15, 0.2) is 29.0 Å². The average Bonchev–Trinajstić information content (AvgIpc) is 2.85. The number of carbonyl (C=O) groups excluding carboxylic acids is 1. The van der Waals surface area contributed by atoms with E-state index in [-0.39, 0.29) is 11.2 Å². The molecule has 1 nitrogen and oxygen atoms in total. The predicted molar refractivity (Wildman–Crippen MR) is 87.0 cm³/mol. The van der Waals surface area contributed by atoms with Crippen molar-refractivity contribution in [3.63, 3.8) is 0 Å². The molecule has 2 heteroatoms. The van der Waals surface area contributed by atoms with Crippen molar-refractivity contribution in [3.8, 4) is 0 Å². The Labute approximate surface area is 125 Å². The molecule has 0 atom stereocenters. The summed E-state index contributed by atoms with van der Waals surface area (Å²) in [6.07, 6.45) is 0.499. The molecule has 0 bridgehead atoms. The first-order valence-corrected chi connectivity index (χ1v) is 7.89. The standard InChI is InChI=1S/C18H22OS/c1-12-8-15(18(3,4)5)9-13(2)16(12)10-17(19)14-6-7-20-11-14/h6-9,11H,10H2,1-5H3. The van der Waals surface area contributed by atoms with E-state index in [4.69, 9.17) is 0 Å². The van der Waals surface area contributed by atoms with Crippen LogP contribution in [-0.4, -0.2) is 5.78 Å². The van der Waals surface area contributed by atoms with Crippen molar-refractivity contribution >= 4 is 17.1 Å². The zero-order chi connectivity index (χ0) is 14.9. The Hall–Kier alpha value is -1.41. The minimum atomic E-state index is 0.144. The van der Waals surface area contributed by atoms with Gasteiger partial charge in [-0.15, -0.1) is 0 Å². The third-order valence-electron chi connectivity index (χ3n) is 3.74. The molecule has 0 saturated heterocycles. The molecule has 0 saturated carbocycles. The summed E-state index contributed by atoms with van der Waals surface area (Å²) in [5.74, 6) is 0.209. The lowest BCUT2D eigenvalue weighted by molar-refractivity contribution is 0.0993. The van der Waals surface area contributed by atoms with Crippen LogP contribution in [0.25, 0.3) is 0 Å². The maximum atomic E-state index is 12.3. The third kappa shape index (κ3) is 3.18. The van der Waals surface area contributed by atoms with E-state index in [9.17, 15) is 4.79 Å². The van der Waals surface area contributed by atoms with Gasteiger partial charge in [0.05, 0.1) is 0 Å². The van der Waals surface area contributed by atoms with E-state index in [0.717, 1.165) is 5.56 Å². The number of aryl methyl sites for hydroxylation is 2. The molecular weight excluding hydrogens is 264 g/mol. The SMILES string of the molecule is Cc1cc(C(C)(C)C)cc(C)c1CC(=O)c1ccsc1. The van der Waals surface area contributed by atoms with Gasteiger partial charge >= 0.3 is 0 Å². The lowest BCUT2D eigenvalue weighted by Crippen LogP contribution is -2.13. The quantitative estimate of drug-likeness (QED) is 0.718. The van der Waals surface area contributed by atoms with Crippen LogP contribution in [0.4, 0.5) is 0 Å². The van der Waals surface area contributed by atoms with Gasteiger partial charge in [-0.1, -0.05) is 32.9 Å². The Kier molecular flexibility index (Phi) is 4.14. The zero-order valence-corrected chi connectivity index (χ0v) is 13.7. The van der Waals surface area contributed by atoms with Gasteiger partial charge in [0.15, 0.2) is 5.78 Å². The van der Waals surface area contributed by atoms with E-state index >= 15 is 0 Å². The van der Waals surface area contributed by atoms with Crippen LogP contribution < -0.4 is 0 Å². The fourth-order valence-electron chi connectivity index (χ4n) is 2.39. The Morgan fingerprint density at radius 1 is 1.15 bits per heavy atom. The monoisotopic (exact) mass is 286 g/mol. The van der Waals surface area contributed by atoms with Gasteiger partial charge in [-0.05, 0) is 53.0 Å². The molecule has 0 aliphatic rings. The Bertz CT molecular complexity index is 592. The predicted octanol–water partition coefficient (Wildman–Crippen LogP) is 5.09. The van der Waals surface area contributed by atoms with Crippen molar-refractivity contribution < 1.29 is 4.79 Å². The van der Waals surface area contributed by atoms with Crippen molar-refractivity contribution in [1.82, 2.24) is 0 Å². The highest BCUT2D eigenvalue weighted by atomic mass is 32.1. The summed E-state index contributed by atoms with van der Waals surface area (Å²) in [4.78, 5) is 12.3. The fourth-order valence-corrected chi connectivity index (χ4v) is 3.05. The highest BCUT2D eigenvalue weighted by Crippen LogP contribution is 2.27. The molecule has 0 spiro atoms. The summed E-state index contributed by atoms with van der Waals surface area (Å²) < 4.78 is 0. The van der Waals surface area contributed by atoms with Crippen LogP contribution in [0, 0.1) is 13.8 Å². The lowest BCUT2D eigenvalue weighted by Gasteiger charge is -2.22. The van der Waals surface area contributed by atoms with Gasteiger partial charge in [-0.2, -0.15) is 11.3 Å². The molecule has 0 amide bonds. The van der Waals surface area contributed by atoms with Crippen molar-refractivity contribution in [2.24, 2.45) is 0 Å². The summed E-state index contributed by atoms with van der Waals surface area (Å²) in [7, 11) is 0. The largest absolute Gasteiger partial charge is 0.294 e. The lowest BCUT2D eigenvalue weighted by atomic mass is 9.83. The number of ketones is 1. The molecule has 0 N–H and O–H groups in total. The normalized spacial score (nSPS) is 11.7. The smallest absolute Gasteiger partial charge is 0.168 e. The number of benzene rings is 1. The minimum absolute atomic E-state index is 0.144. The molecule has 0 aliphatic heterocycles. The molecule has 1 aromatic heterocycles. The van der Waals surface area contributed by atoms with Crippen molar-refractivity contribution in [1.29, 1.82) is 0 Å². The molecule has 1 heterocycles. The maximum Gasteiger partial charge on any atom is 0.168 e. The summed E-state index contributed by atoms with van der Waals surface area (Å²) in [5, 5.41) is 3.88. The van der Waals surface area contributed by atoms with Crippen LogP contribution in [-0.2, 0) is 11.8 Å². The molecule has 0 fully saturated rings. The summed E-state index contributed by atoms with van der Waals surface area (Å²) in [5.41, 5.74) is 5.92. The fraction of sp³-hybridized carbons (Fsp3) is 0.389. The Morgan fingerprint density at radius 3 is 2.20 bits per heavy atom. The minimum Gasteiger partial charge on any atom is -0.294 e. The number of thiophene rings is 1. The second kappa shape index (κ2) is 5.53. The second-order valence-corrected chi connectivity index (χ2v) is 7.23. The average molecular weight is 286 g/mol. The first-order valence-electron chi connectivity index (χ1n) is 6.95. The van der Waals surface area contributed by atoms with Crippen molar-refractivity contribution in [3.05, 3.63) is 56.8 Å². The molecule has 0 unspecified atom stereocenters. The van der Waals surface area contributed by atoms with Crippen molar-refractivity contribution in [2.75, 3.05) is 0 Å². The summed E-state index contributed by atoms with van der Waals surface area (Å²) in [6, 6.07) is 6.35. The second-order valence-electron chi connectivity index (χ2n) is 6.45. The molecule has 20 heavy (non-hydrogen) atoms. The van der Waals surface area contributed by atoms with Gasteiger partial charge < -0.3 is 0 Å². The van der Waals surface area contributed by atoms with Crippen LogP contribution in [0.1, 0.15) is 53.4 Å². The van der Waals surface area contributed by atoms with Gasteiger partial charge in [0.25, 0.3) is 0 Å². The number of carbonyl (C=O) groups is 1. The van der Waals surface area contributed by atoms with Crippen LogP contribution >= 0.6 is 11.3 Å². The molecule has 106 valence electrons. The topological polar surface area (TPSA) is 17.1 Å². The first kappa shape index (κ1) is 15.0. The Morgan fingerprint density at radius 2 is 1.75 bits per heavy atom. The number of hydrogen-bond donors (Lipinski definition) is 0. The first-order chi connectivity index (χ1) is 9.29. The highest BCUT2D eigenvalue weighted by Gasteiger charge is 2.17. The molecule has 2 rings (SSSR count). The van der Waals surface area contributed by atoms with E-state index in [2.05, 4.69) is 46.8 Å². The van der Waals surface area contributed by atoms with Crippen LogP contribution in [0.3, 0.4) is 0 Å². The molecular formula is C18H22OS. The number of Topliss-reactive ketones (excluding diaryl/α,β-unsaturated/α-hetero) is 1. The van der Waals surface area contributed by atoms with Gasteiger partial charge in [0, 0.05) is 17.4 Å². The third-order valence-corrected chi connectivity index (χ3v) is 4.43. The number of rotatable bonds is 3. The zero-order valence-electron chi connectivity index (χ0n) is 12.9.